The first-order valence-corrected chi connectivity index (χ1v) is 32.0. The van der Waals surface area contributed by atoms with E-state index >= 15 is 9.59 Å². The summed E-state index contributed by atoms with van der Waals surface area (Å²) in [5, 5.41) is 32.7. The monoisotopic (exact) mass is 1230 g/mol. The van der Waals surface area contributed by atoms with Crippen LogP contribution in [-0.4, -0.2) is 98.6 Å². The van der Waals surface area contributed by atoms with Gasteiger partial charge in [0.25, 0.3) is 0 Å². The molecule has 7 aromatic carbocycles. The van der Waals surface area contributed by atoms with Gasteiger partial charge in [0, 0.05) is 23.8 Å². The lowest BCUT2D eigenvalue weighted by Crippen LogP contribution is -2.58. The Balaban J connectivity index is 1.11. The van der Waals surface area contributed by atoms with E-state index in [4.69, 9.17) is 9.47 Å². The summed E-state index contributed by atoms with van der Waals surface area (Å²) in [5.41, 5.74) is 6.26. The molecule has 0 unspecified atom stereocenters. The Kier molecular flexibility index (Phi) is 23.6. The molecule has 462 valence electrons. The van der Waals surface area contributed by atoms with Gasteiger partial charge in [-0.1, -0.05) is 239 Å². The highest BCUT2D eigenvalue weighted by Gasteiger charge is 2.41. The highest BCUT2D eigenvalue weighted by Crippen LogP contribution is 2.50. The van der Waals surface area contributed by atoms with Gasteiger partial charge in [-0.15, -0.1) is 23.5 Å². The number of aliphatic hydroxyl groups excluding tert-OH is 2. The first kappa shape index (κ1) is 66.5. The summed E-state index contributed by atoms with van der Waals surface area (Å²) in [5.74, 6) is -2.54. The first-order valence-electron chi connectivity index (χ1n) is 30.1. The molecule has 5 atom stereocenters. The molecule has 0 radical (unpaired) electrons. The average molecular weight is 1230 g/mol. The summed E-state index contributed by atoms with van der Waals surface area (Å²) < 4.78 is 10.9. The van der Waals surface area contributed by atoms with Crippen molar-refractivity contribution in [3.05, 3.63) is 276 Å². The zero-order valence-electron chi connectivity index (χ0n) is 51.1. The summed E-state index contributed by atoms with van der Waals surface area (Å²) in [7, 11) is 0. The summed E-state index contributed by atoms with van der Waals surface area (Å²) in [4.78, 5) is 71.9. The Morgan fingerprint density at radius 1 is 0.584 bits per heavy atom. The summed E-state index contributed by atoms with van der Waals surface area (Å²) in [6.07, 6.45) is 2.75. The molecule has 3 amide bonds. The van der Waals surface area contributed by atoms with Crippen LogP contribution in [0.15, 0.2) is 237 Å². The SMILES string of the molecule is C=CCOC(=O)C[C@H](O)[C@H](NC(=O)[C@@H](CSC(c1ccccc1)(c1ccccc1)c1ccccc1)NC(=O)[C@@H](Cc1cn(C(=O)OC(C)(C)C)c2ccccc12)NC(=O)C[C@H](O)C=CCCSC(c1ccccc1)(c1ccccc1)c1ccccc1)C(C)C. The molecular weight excluding hydrogens is 1150 g/mol. The fraction of sp³-hybridized carbons (Fsp3) is 0.284. The van der Waals surface area contributed by atoms with E-state index in [-0.39, 0.29) is 18.8 Å². The van der Waals surface area contributed by atoms with Crippen molar-refractivity contribution in [3.8, 4) is 0 Å². The van der Waals surface area contributed by atoms with Gasteiger partial charge < -0.3 is 35.6 Å². The van der Waals surface area contributed by atoms with Crippen LogP contribution in [0.3, 0.4) is 0 Å². The van der Waals surface area contributed by atoms with Crippen molar-refractivity contribution in [3.63, 3.8) is 0 Å². The van der Waals surface area contributed by atoms with Crippen LogP contribution in [0.1, 0.15) is 92.8 Å². The van der Waals surface area contributed by atoms with E-state index in [9.17, 15) is 24.6 Å². The van der Waals surface area contributed by atoms with Gasteiger partial charge in [-0.25, -0.2) is 4.79 Å². The number of hydrogen-bond acceptors (Lipinski definition) is 11. The molecule has 0 saturated heterocycles. The summed E-state index contributed by atoms with van der Waals surface area (Å²) in [6.45, 7) is 12.4. The predicted octanol–water partition coefficient (Wildman–Crippen LogP) is 12.7. The third-order valence-electron chi connectivity index (χ3n) is 15.2. The standard InChI is InChI=1S/C74H80N4O9S2/c1-7-45-86-67(82)49-65(80)68(52(2)3)77-70(84)63(51-89-74(57-36-20-11-21-37-57,58-38-22-12-23-39-58)59-40-24-13-25-41-59)76-69(83)62(47-53-50-78(71(85)87-72(4,5)6)64-44-27-26-43-61(53)64)75-66(81)48-60(79)42-28-29-46-88-73(54-30-14-8-15-31-54,55-32-16-9-17-33-55)56-34-18-10-19-35-56/h7-28,30-44,50,52,60,62-63,65,68,79-80H,1,29,45-49,51H2,2-6H3,(H,75,81)(H,76,83)(H,77,84)/t60-,62-,63-,65+,68-/m1/s1. The lowest BCUT2D eigenvalue weighted by atomic mass is 9.84. The van der Waals surface area contributed by atoms with Crippen molar-refractivity contribution in [2.75, 3.05) is 18.1 Å². The lowest BCUT2D eigenvalue weighted by molar-refractivity contribution is -0.145. The lowest BCUT2D eigenvalue weighted by Gasteiger charge is -2.37. The van der Waals surface area contributed by atoms with Gasteiger partial charge in [-0.05, 0) is 83.9 Å². The molecule has 8 rings (SSSR count). The second-order valence-electron chi connectivity index (χ2n) is 23.1. The topological polar surface area (TPSA) is 185 Å². The quantitative estimate of drug-likeness (QED) is 0.0130. The number of aromatic nitrogens is 1. The van der Waals surface area contributed by atoms with Gasteiger partial charge in [0.05, 0.1) is 46.1 Å². The maximum absolute atomic E-state index is 15.5. The van der Waals surface area contributed by atoms with E-state index in [2.05, 4.69) is 58.9 Å². The van der Waals surface area contributed by atoms with Gasteiger partial charge in [-0.2, -0.15) is 0 Å². The number of ether oxygens (including phenoxy) is 2. The molecule has 8 aromatic rings. The van der Waals surface area contributed by atoms with E-state index in [0.717, 1.165) is 33.4 Å². The van der Waals surface area contributed by atoms with Crippen LogP contribution in [0.4, 0.5) is 4.79 Å². The van der Waals surface area contributed by atoms with Crippen LogP contribution in [-0.2, 0) is 44.6 Å². The number of nitrogens with zero attached hydrogens (tertiary/aromatic N) is 1. The second-order valence-corrected chi connectivity index (χ2v) is 25.7. The van der Waals surface area contributed by atoms with E-state index in [1.165, 1.54) is 22.4 Å². The molecule has 0 fully saturated rings. The van der Waals surface area contributed by atoms with Crippen LogP contribution < -0.4 is 16.0 Å². The smallest absolute Gasteiger partial charge is 0.419 e. The van der Waals surface area contributed by atoms with Gasteiger partial charge >= 0.3 is 12.1 Å². The van der Waals surface area contributed by atoms with Crippen molar-refractivity contribution in [2.24, 2.45) is 5.92 Å². The van der Waals surface area contributed by atoms with Crippen LogP contribution in [0.2, 0.25) is 0 Å². The largest absolute Gasteiger partial charge is 0.461 e. The highest BCUT2D eigenvalue weighted by molar-refractivity contribution is 8.00. The number of rotatable bonds is 29. The zero-order chi connectivity index (χ0) is 63.4. The number of nitrogens with one attached hydrogen (secondary N) is 3. The minimum Gasteiger partial charge on any atom is -0.461 e. The number of thioether (sulfide) groups is 2. The van der Waals surface area contributed by atoms with Crippen molar-refractivity contribution in [1.82, 2.24) is 20.5 Å². The van der Waals surface area contributed by atoms with Crippen LogP contribution >= 0.6 is 23.5 Å². The van der Waals surface area contributed by atoms with E-state index in [1.807, 2.05) is 158 Å². The number of carbonyl (C=O) groups excluding carboxylic acids is 5. The summed E-state index contributed by atoms with van der Waals surface area (Å²) in [6, 6.07) is 64.2. The molecule has 13 nitrogen and oxygen atoms in total. The number of carbonyl (C=O) groups is 5. The van der Waals surface area contributed by atoms with E-state index < -0.39 is 94.0 Å². The zero-order valence-corrected chi connectivity index (χ0v) is 52.7. The molecule has 15 heteroatoms. The summed E-state index contributed by atoms with van der Waals surface area (Å²) >= 11 is 3.20. The number of amides is 3. The van der Waals surface area contributed by atoms with Crippen LogP contribution in [0.5, 0.6) is 0 Å². The van der Waals surface area contributed by atoms with E-state index in [0.29, 0.717) is 28.6 Å². The normalized spacial score (nSPS) is 13.6. The number of esters is 1. The fourth-order valence-electron chi connectivity index (χ4n) is 11.0. The Morgan fingerprint density at radius 2 is 1.03 bits per heavy atom. The molecular formula is C74H80N4O9S2. The fourth-order valence-corrected chi connectivity index (χ4v) is 14.1. The van der Waals surface area contributed by atoms with Crippen molar-refractivity contribution >= 4 is 64.2 Å². The minimum absolute atomic E-state index is 0.0535. The number of para-hydroxylation sites is 1. The van der Waals surface area contributed by atoms with Gasteiger partial charge in [0.15, 0.2) is 0 Å². The second kappa shape index (κ2) is 31.6. The Hall–Kier alpha value is -8.47. The van der Waals surface area contributed by atoms with Gasteiger partial charge in [0.2, 0.25) is 17.7 Å². The Bertz CT molecular complexity index is 3430. The minimum atomic E-state index is -1.39. The molecule has 5 N–H and O–H groups in total. The number of benzene rings is 7. The molecule has 0 aliphatic rings. The van der Waals surface area contributed by atoms with Gasteiger partial charge in [-0.3, -0.25) is 23.7 Å². The molecule has 1 heterocycles. The van der Waals surface area contributed by atoms with Crippen molar-refractivity contribution in [1.29, 1.82) is 0 Å². The van der Waals surface area contributed by atoms with Crippen molar-refractivity contribution in [2.45, 2.75) is 106 Å². The van der Waals surface area contributed by atoms with E-state index in [1.54, 1.807) is 76.9 Å². The highest BCUT2D eigenvalue weighted by atomic mass is 32.2. The number of aliphatic hydroxyl groups is 2. The van der Waals surface area contributed by atoms with Crippen LogP contribution in [0.25, 0.3) is 10.9 Å². The molecule has 0 bridgehead atoms. The molecule has 0 aliphatic carbocycles. The average Bonchev–Trinajstić information content (AvgIpc) is 1.41. The Labute approximate surface area is 531 Å². The third kappa shape index (κ3) is 17.2. The molecule has 0 aliphatic heterocycles. The number of fused-ring (bicyclic) bond motifs is 1. The number of allylic oxidation sites excluding steroid dienone is 1. The van der Waals surface area contributed by atoms with Gasteiger partial charge in [0.1, 0.15) is 24.3 Å². The predicted molar refractivity (Wildman–Crippen MR) is 357 cm³/mol. The molecule has 89 heavy (non-hydrogen) atoms. The van der Waals surface area contributed by atoms with Crippen molar-refractivity contribution < 1.29 is 43.7 Å². The molecule has 0 saturated carbocycles. The third-order valence-corrected chi connectivity index (χ3v) is 18.4. The first-order chi connectivity index (χ1) is 42.9. The Morgan fingerprint density at radius 3 is 1.49 bits per heavy atom. The molecule has 1 aromatic heterocycles. The molecule has 0 spiro atoms. The maximum atomic E-state index is 15.5. The number of hydrogen-bond donors (Lipinski definition) is 5. The maximum Gasteiger partial charge on any atom is 0.419 e. The van der Waals surface area contributed by atoms with Crippen LogP contribution in [0, 0.1) is 5.92 Å².